The molecule has 3 aliphatic rings. The van der Waals surface area contributed by atoms with Crippen LogP contribution in [-0.2, 0) is 9.53 Å². The number of amides is 1. The third-order valence-corrected chi connectivity index (χ3v) is 7.04. The number of halogens is 3. The summed E-state index contributed by atoms with van der Waals surface area (Å²) in [7, 11) is 0. The highest BCUT2D eigenvalue weighted by atomic mass is 19.4. The Labute approximate surface area is 209 Å². The zero-order valence-electron chi connectivity index (χ0n) is 20.9. The first-order valence-electron chi connectivity index (χ1n) is 12.4. The zero-order chi connectivity index (χ0) is 26.1. The minimum atomic E-state index is -4.43. The highest BCUT2D eigenvalue weighted by molar-refractivity contribution is 5.82. The molecule has 1 amide bonds. The number of piperidine rings is 1. The van der Waals surface area contributed by atoms with Gasteiger partial charge in [0.2, 0.25) is 5.91 Å². The summed E-state index contributed by atoms with van der Waals surface area (Å²) in [6.45, 7) is 7.34. The molecule has 1 aromatic carbocycles. The molecule has 0 aromatic heterocycles. The maximum atomic E-state index is 13.7. The largest absolute Gasteiger partial charge is 0.407 e. The van der Waals surface area contributed by atoms with E-state index in [0.29, 0.717) is 31.9 Å². The smallest absolute Gasteiger partial charge is 0.380 e. The first-order valence-corrected chi connectivity index (χ1v) is 12.4. The highest BCUT2D eigenvalue weighted by Gasteiger charge is 2.51. The van der Waals surface area contributed by atoms with E-state index in [1.807, 2.05) is 25.8 Å². The molecule has 11 heteroatoms. The van der Waals surface area contributed by atoms with Crippen molar-refractivity contribution in [3.8, 4) is 6.07 Å². The van der Waals surface area contributed by atoms with Crippen LogP contribution in [0, 0.1) is 28.6 Å². The normalized spacial score (nSPS) is 30.2. The Morgan fingerprint density at radius 1 is 1.19 bits per heavy atom. The van der Waals surface area contributed by atoms with Gasteiger partial charge in [-0.05, 0) is 36.0 Å². The molecule has 0 aliphatic carbocycles. The van der Waals surface area contributed by atoms with Gasteiger partial charge in [-0.3, -0.25) is 4.79 Å². The number of hydrogen-bond acceptors (Lipinski definition) is 7. The fraction of sp³-hybridized carbons (Fsp3) is 0.680. The second-order valence-corrected chi connectivity index (χ2v) is 11.0. The minimum Gasteiger partial charge on any atom is -0.380 e. The van der Waals surface area contributed by atoms with Gasteiger partial charge in [0.25, 0.3) is 0 Å². The Kier molecular flexibility index (Phi) is 7.80. The van der Waals surface area contributed by atoms with E-state index in [-0.39, 0.29) is 41.4 Å². The summed E-state index contributed by atoms with van der Waals surface area (Å²) in [6, 6.07) is 6.43. The van der Waals surface area contributed by atoms with Crippen molar-refractivity contribution < 1.29 is 22.7 Å². The molecule has 4 rings (SSSR count). The summed E-state index contributed by atoms with van der Waals surface area (Å²) >= 11 is 0. The van der Waals surface area contributed by atoms with Crippen LogP contribution in [0.4, 0.5) is 18.9 Å². The highest BCUT2D eigenvalue weighted by Crippen LogP contribution is 2.36. The number of nitrogens with zero attached hydrogens (tertiary/aromatic N) is 2. The number of ether oxygens (including phenoxy) is 1. The Hall–Kier alpha value is -2.39. The van der Waals surface area contributed by atoms with Crippen molar-refractivity contribution >= 4 is 11.6 Å². The fourth-order valence-corrected chi connectivity index (χ4v) is 5.23. The third kappa shape index (κ3) is 5.94. The van der Waals surface area contributed by atoms with Crippen LogP contribution in [0.25, 0.3) is 0 Å². The summed E-state index contributed by atoms with van der Waals surface area (Å²) < 4.78 is 46.9. The third-order valence-electron chi connectivity index (χ3n) is 7.04. The lowest BCUT2D eigenvalue weighted by atomic mass is 9.88. The Morgan fingerprint density at radius 2 is 1.92 bits per heavy atom. The van der Waals surface area contributed by atoms with Crippen molar-refractivity contribution in [3.05, 3.63) is 29.8 Å². The number of hydrazine groups is 1. The predicted octanol–water partition coefficient (Wildman–Crippen LogP) is 2.92. The van der Waals surface area contributed by atoms with E-state index in [4.69, 9.17) is 4.74 Å². The molecule has 3 aliphatic heterocycles. The van der Waals surface area contributed by atoms with Crippen LogP contribution >= 0.6 is 0 Å². The lowest BCUT2D eigenvalue weighted by Gasteiger charge is -2.39. The van der Waals surface area contributed by atoms with Crippen LogP contribution in [0.15, 0.2) is 24.3 Å². The van der Waals surface area contributed by atoms with Crippen molar-refractivity contribution in [2.24, 2.45) is 17.3 Å². The topological polar surface area (TPSA) is 101 Å². The van der Waals surface area contributed by atoms with Gasteiger partial charge in [-0.25, -0.2) is 10.4 Å². The van der Waals surface area contributed by atoms with E-state index in [1.54, 1.807) is 12.1 Å². The molecule has 36 heavy (non-hydrogen) atoms. The van der Waals surface area contributed by atoms with Crippen molar-refractivity contribution in [2.75, 3.05) is 31.6 Å². The SMILES string of the molecule is CC(C)(C)CNC(c1ccc(NC2NN([C@H]3COCC[C@@H]3C#N)C3CCNC(=O)C23)cc1)C(F)(F)F. The number of benzene rings is 1. The lowest BCUT2D eigenvalue weighted by molar-refractivity contribution is -0.158. The molecule has 3 fully saturated rings. The van der Waals surface area contributed by atoms with Crippen LogP contribution in [0.2, 0.25) is 0 Å². The predicted molar refractivity (Wildman–Crippen MR) is 128 cm³/mol. The van der Waals surface area contributed by atoms with E-state index in [2.05, 4.69) is 27.4 Å². The van der Waals surface area contributed by atoms with E-state index < -0.39 is 24.3 Å². The average Bonchev–Trinajstić information content (AvgIpc) is 3.18. The van der Waals surface area contributed by atoms with Gasteiger partial charge in [0.05, 0.1) is 30.6 Å². The number of rotatable bonds is 6. The van der Waals surface area contributed by atoms with Gasteiger partial charge < -0.3 is 20.7 Å². The fourth-order valence-electron chi connectivity index (χ4n) is 5.23. The number of hydrogen-bond donors (Lipinski definition) is 4. The number of anilines is 1. The molecule has 4 N–H and O–H groups in total. The van der Waals surface area contributed by atoms with Crippen LogP contribution < -0.4 is 21.4 Å². The maximum Gasteiger partial charge on any atom is 0.407 e. The maximum absolute atomic E-state index is 13.7. The summed E-state index contributed by atoms with van der Waals surface area (Å²) in [6.07, 6.45) is -3.55. The molecule has 3 saturated heterocycles. The van der Waals surface area contributed by atoms with Gasteiger partial charge in [0, 0.05) is 31.4 Å². The van der Waals surface area contributed by atoms with Crippen molar-refractivity contribution in [3.63, 3.8) is 0 Å². The van der Waals surface area contributed by atoms with Gasteiger partial charge in [0.15, 0.2) is 0 Å². The van der Waals surface area contributed by atoms with E-state index in [9.17, 15) is 23.2 Å². The number of carbonyl (C=O) groups is 1. The molecular weight excluding hydrogens is 473 g/mol. The molecule has 8 nitrogen and oxygen atoms in total. The molecular formula is C25H35F3N6O2. The van der Waals surface area contributed by atoms with E-state index in [0.717, 1.165) is 6.42 Å². The monoisotopic (exact) mass is 508 g/mol. The number of nitriles is 1. The average molecular weight is 509 g/mol. The van der Waals surface area contributed by atoms with Crippen molar-refractivity contribution in [1.29, 1.82) is 5.26 Å². The molecule has 1 aromatic rings. The quantitative estimate of drug-likeness (QED) is 0.469. The standard InChI is InChI=1S/C25H35F3N6O2/c1-24(2,3)14-31-21(25(26,27)28)15-4-6-17(7-5-15)32-22-20-18(8-10-30-23(20)35)34(33-22)19-13-36-11-9-16(19)12-29/h4-7,16,18-22,31-33H,8-11,13-14H2,1-3H3,(H,30,35)/t16-,18?,19+,20?,21?,22?/m1/s1. The van der Waals surface area contributed by atoms with Gasteiger partial charge in [0.1, 0.15) is 12.2 Å². The number of carbonyl (C=O) groups excluding carboxylic acids is 1. The molecule has 198 valence electrons. The minimum absolute atomic E-state index is 0.0934. The van der Waals surface area contributed by atoms with Gasteiger partial charge in [-0.2, -0.15) is 18.4 Å². The molecule has 0 bridgehead atoms. The molecule has 0 spiro atoms. The summed E-state index contributed by atoms with van der Waals surface area (Å²) in [5.74, 6) is -0.727. The second-order valence-electron chi connectivity index (χ2n) is 11.0. The second kappa shape index (κ2) is 10.5. The van der Waals surface area contributed by atoms with Crippen LogP contribution in [0.1, 0.15) is 45.2 Å². The summed E-state index contributed by atoms with van der Waals surface area (Å²) in [4.78, 5) is 12.8. The zero-order valence-corrected chi connectivity index (χ0v) is 20.9. The van der Waals surface area contributed by atoms with Crippen molar-refractivity contribution in [2.45, 2.75) is 64.1 Å². The number of fused-ring (bicyclic) bond motifs is 1. The molecule has 0 radical (unpaired) electrons. The van der Waals surface area contributed by atoms with Gasteiger partial charge in [-0.15, -0.1) is 0 Å². The van der Waals surface area contributed by atoms with Crippen LogP contribution in [-0.4, -0.2) is 61.6 Å². The molecule has 3 heterocycles. The first kappa shape index (κ1) is 26.7. The summed E-state index contributed by atoms with van der Waals surface area (Å²) in [5.41, 5.74) is 3.82. The van der Waals surface area contributed by atoms with Crippen LogP contribution in [0.5, 0.6) is 0 Å². The molecule has 4 unspecified atom stereocenters. The molecule has 0 saturated carbocycles. The van der Waals surface area contributed by atoms with E-state index in [1.165, 1.54) is 12.1 Å². The van der Waals surface area contributed by atoms with Gasteiger partial charge >= 0.3 is 6.18 Å². The van der Waals surface area contributed by atoms with Crippen molar-refractivity contribution in [1.82, 2.24) is 21.1 Å². The first-order chi connectivity index (χ1) is 17.0. The van der Waals surface area contributed by atoms with Crippen LogP contribution in [0.3, 0.4) is 0 Å². The Bertz CT molecular complexity index is 959. The Morgan fingerprint density at radius 3 is 2.56 bits per heavy atom. The Balaban J connectivity index is 1.50. The van der Waals surface area contributed by atoms with E-state index >= 15 is 0 Å². The lowest BCUT2D eigenvalue weighted by Crippen LogP contribution is -2.56. The molecule has 6 atom stereocenters. The number of nitrogens with one attached hydrogen (secondary N) is 4. The summed E-state index contributed by atoms with van der Waals surface area (Å²) in [5, 5.41) is 20.5. The number of alkyl halides is 3. The van der Waals surface area contributed by atoms with Gasteiger partial charge in [-0.1, -0.05) is 32.9 Å².